The monoisotopic (exact) mass is 209 g/mol. The highest BCUT2D eigenvalue weighted by molar-refractivity contribution is 8.00. The molecule has 0 aliphatic rings. The van der Waals surface area contributed by atoms with E-state index in [1.807, 2.05) is 11.8 Å². The molecule has 1 aromatic rings. The van der Waals surface area contributed by atoms with Gasteiger partial charge in [-0.15, -0.1) is 11.8 Å². The number of thioether (sulfide) groups is 1. The van der Waals surface area contributed by atoms with E-state index in [2.05, 4.69) is 45.9 Å². The van der Waals surface area contributed by atoms with E-state index < -0.39 is 0 Å². The zero-order chi connectivity index (χ0) is 10.7. The third-order valence-electron chi connectivity index (χ3n) is 2.40. The van der Waals surface area contributed by atoms with Gasteiger partial charge in [0.2, 0.25) is 0 Å². The fourth-order valence-corrected chi connectivity index (χ4v) is 2.26. The first-order valence-corrected chi connectivity index (χ1v) is 5.88. The Hall–Kier alpha value is -0.470. The van der Waals surface area contributed by atoms with Crippen LogP contribution in [-0.2, 0) is 0 Å². The van der Waals surface area contributed by atoms with Gasteiger partial charge in [0.1, 0.15) is 0 Å². The van der Waals surface area contributed by atoms with Crippen LogP contribution >= 0.6 is 11.8 Å². The Morgan fingerprint density at radius 1 is 1.21 bits per heavy atom. The van der Waals surface area contributed by atoms with Gasteiger partial charge in [-0.1, -0.05) is 24.6 Å². The molecule has 0 amide bonds. The Kier molecular flexibility index (Phi) is 4.02. The van der Waals surface area contributed by atoms with Crippen LogP contribution in [0, 0.1) is 13.8 Å². The number of rotatable bonds is 3. The lowest BCUT2D eigenvalue weighted by molar-refractivity contribution is 0.730. The highest BCUT2D eigenvalue weighted by Gasteiger charge is 2.10. The zero-order valence-corrected chi connectivity index (χ0v) is 10.2. The van der Waals surface area contributed by atoms with Crippen LogP contribution in [0.25, 0.3) is 0 Å². The normalized spacial score (nSPS) is 15.2. The third-order valence-corrected chi connectivity index (χ3v) is 3.89. The van der Waals surface area contributed by atoms with Gasteiger partial charge in [0.05, 0.1) is 0 Å². The smallest absolute Gasteiger partial charge is 0.0215 e. The molecule has 2 N–H and O–H groups in total. The van der Waals surface area contributed by atoms with Gasteiger partial charge in [-0.2, -0.15) is 0 Å². The lowest BCUT2D eigenvalue weighted by Crippen LogP contribution is -2.26. The number of hydrogen-bond acceptors (Lipinski definition) is 2. The largest absolute Gasteiger partial charge is 0.327 e. The van der Waals surface area contributed by atoms with Gasteiger partial charge in [0.15, 0.2) is 0 Å². The summed E-state index contributed by atoms with van der Waals surface area (Å²) in [4.78, 5) is 1.36. The van der Waals surface area contributed by atoms with Crippen molar-refractivity contribution < 1.29 is 0 Å². The molecule has 0 aliphatic heterocycles. The van der Waals surface area contributed by atoms with Crippen molar-refractivity contribution >= 4 is 11.8 Å². The van der Waals surface area contributed by atoms with Crippen LogP contribution in [0.15, 0.2) is 23.1 Å². The van der Waals surface area contributed by atoms with Crippen molar-refractivity contribution in [2.75, 3.05) is 0 Å². The van der Waals surface area contributed by atoms with Gasteiger partial charge in [0.25, 0.3) is 0 Å². The molecule has 0 fully saturated rings. The molecule has 1 rings (SSSR count). The van der Waals surface area contributed by atoms with Gasteiger partial charge in [-0.05, 0) is 32.4 Å². The summed E-state index contributed by atoms with van der Waals surface area (Å²) in [5.41, 5.74) is 8.51. The van der Waals surface area contributed by atoms with E-state index in [9.17, 15) is 0 Å². The fourth-order valence-electron chi connectivity index (χ4n) is 1.14. The molecule has 0 radical (unpaired) electrons. The van der Waals surface area contributed by atoms with Gasteiger partial charge >= 0.3 is 0 Å². The molecule has 0 spiro atoms. The van der Waals surface area contributed by atoms with E-state index in [0.29, 0.717) is 5.25 Å². The van der Waals surface area contributed by atoms with Gasteiger partial charge in [-0.3, -0.25) is 0 Å². The molecule has 2 atom stereocenters. The lowest BCUT2D eigenvalue weighted by atomic mass is 10.2. The van der Waals surface area contributed by atoms with E-state index >= 15 is 0 Å². The second-order valence-corrected chi connectivity index (χ2v) is 5.37. The lowest BCUT2D eigenvalue weighted by Gasteiger charge is -2.16. The van der Waals surface area contributed by atoms with Crippen LogP contribution in [0.4, 0.5) is 0 Å². The van der Waals surface area contributed by atoms with Crippen molar-refractivity contribution in [3.63, 3.8) is 0 Å². The maximum absolute atomic E-state index is 5.85. The van der Waals surface area contributed by atoms with Crippen molar-refractivity contribution in [1.82, 2.24) is 0 Å². The molecule has 0 saturated heterocycles. The van der Waals surface area contributed by atoms with Crippen molar-refractivity contribution in [3.05, 3.63) is 29.3 Å². The Morgan fingerprint density at radius 3 is 2.43 bits per heavy atom. The van der Waals surface area contributed by atoms with Crippen molar-refractivity contribution in [1.29, 1.82) is 0 Å². The van der Waals surface area contributed by atoms with E-state index in [-0.39, 0.29) is 6.04 Å². The predicted octanol–water partition coefficient (Wildman–Crippen LogP) is 3.13. The summed E-state index contributed by atoms with van der Waals surface area (Å²) in [6.07, 6.45) is 0. The standard InChI is InChI=1S/C12H19NS/c1-8-5-6-9(2)12(7-8)14-11(4)10(3)13/h5-7,10-11H,13H2,1-4H3. The minimum absolute atomic E-state index is 0.236. The van der Waals surface area contributed by atoms with Crippen molar-refractivity contribution in [2.24, 2.45) is 5.73 Å². The first kappa shape index (κ1) is 11.6. The molecule has 0 aliphatic carbocycles. The van der Waals surface area contributed by atoms with Gasteiger partial charge in [0, 0.05) is 16.2 Å². The molecule has 1 nitrogen and oxygen atoms in total. The number of hydrogen-bond donors (Lipinski definition) is 1. The molecule has 0 saturated carbocycles. The average molecular weight is 209 g/mol. The summed E-state index contributed by atoms with van der Waals surface area (Å²) in [5.74, 6) is 0. The van der Waals surface area contributed by atoms with Crippen LogP contribution in [-0.4, -0.2) is 11.3 Å². The van der Waals surface area contributed by atoms with Crippen LogP contribution in [0.1, 0.15) is 25.0 Å². The minimum Gasteiger partial charge on any atom is -0.327 e. The Morgan fingerprint density at radius 2 is 1.86 bits per heavy atom. The SMILES string of the molecule is Cc1ccc(C)c(SC(C)C(C)N)c1. The molecule has 0 heterocycles. The van der Waals surface area contributed by atoms with Crippen LogP contribution < -0.4 is 5.73 Å². The molecular weight excluding hydrogens is 190 g/mol. The Labute approximate surface area is 91.1 Å². The minimum atomic E-state index is 0.236. The summed E-state index contributed by atoms with van der Waals surface area (Å²) >= 11 is 1.87. The summed E-state index contributed by atoms with van der Waals surface area (Å²) in [6.45, 7) is 8.51. The van der Waals surface area contributed by atoms with Crippen molar-refractivity contribution in [3.8, 4) is 0 Å². The van der Waals surface area contributed by atoms with Crippen LogP contribution in [0.5, 0.6) is 0 Å². The molecule has 0 aromatic heterocycles. The zero-order valence-electron chi connectivity index (χ0n) is 9.37. The fraction of sp³-hybridized carbons (Fsp3) is 0.500. The average Bonchev–Trinajstić information content (AvgIpc) is 2.11. The maximum Gasteiger partial charge on any atom is 0.0215 e. The summed E-state index contributed by atoms with van der Waals surface area (Å²) < 4.78 is 0. The summed E-state index contributed by atoms with van der Waals surface area (Å²) in [6, 6.07) is 6.79. The second-order valence-electron chi connectivity index (χ2n) is 3.95. The highest BCUT2D eigenvalue weighted by Crippen LogP contribution is 2.28. The Balaban J connectivity index is 2.80. The number of aryl methyl sites for hydroxylation is 2. The molecule has 2 unspecified atom stereocenters. The summed E-state index contributed by atoms with van der Waals surface area (Å²) in [7, 11) is 0. The maximum atomic E-state index is 5.85. The quantitative estimate of drug-likeness (QED) is 0.774. The third kappa shape index (κ3) is 3.03. The first-order valence-electron chi connectivity index (χ1n) is 5.00. The molecule has 78 valence electrons. The van der Waals surface area contributed by atoms with E-state index in [1.54, 1.807) is 0 Å². The number of nitrogens with two attached hydrogens (primary N) is 1. The predicted molar refractivity (Wildman–Crippen MR) is 64.9 cm³/mol. The van der Waals surface area contributed by atoms with Crippen LogP contribution in [0.3, 0.4) is 0 Å². The molecule has 2 heteroatoms. The van der Waals surface area contributed by atoms with E-state index in [4.69, 9.17) is 5.73 Å². The van der Waals surface area contributed by atoms with E-state index in [0.717, 1.165) is 0 Å². The van der Waals surface area contributed by atoms with E-state index in [1.165, 1.54) is 16.0 Å². The van der Waals surface area contributed by atoms with Crippen LogP contribution in [0.2, 0.25) is 0 Å². The topological polar surface area (TPSA) is 26.0 Å². The molecule has 14 heavy (non-hydrogen) atoms. The highest BCUT2D eigenvalue weighted by atomic mass is 32.2. The molecule has 1 aromatic carbocycles. The first-order chi connectivity index (χ1) is 6.50. The Bertz CT molecular complexity index is 307. The second kappa shape index (κ2) is 4.85. The molecule has 0 bridgehead atoms. The van der Waals surface area contributed by atoms with Crippen molar-refractivity contribution in [2.45, 2.75) is 43.9 Å². The molecular formula is C12H19NS. The number of benzene rings is 1. The summed E-state index contributed by atoms with van der Waals surface area (Å²) in [5, 5.41) is 0.468. The van der Waals surface area contributed by atoms with Gasteiger partial charge in [-0.25, -0.2) is 0 Å². The van der Waals surface area contributed by atoms with Gasteiger partial charge < -0.3 is 5.73 Å².